The number of ether oxygens (including phenoxy) is 4. The zero-order valence-corrected chi connectivity index (χ0v) is 37.3. The smallest absolute Gasteiger partial charge is 0.463 e. The molecule has 0 fully saturated rings. The second kappa shape index (κ2) is 36.9. The highest BCUT2D eigenvalue weighted by Gasteiger charge is 2.27. The summed E-state index contributed by atoms with van der Waals surface area (Å²) in [4.78, 5) is 58.4. The van der Waals surface area contributed by atoms with E-state index in [-0.39, 0.29) is 38.0 Å². The number of carbonyl (C=O) groups is 4. The van der Waals surface area contributed by atoms with Crippen molar-refractivity contribution in [1.82, 2.24) is 0 Å². The van der Waals surface area contributed by atoms with Crippen molar-refractivity contribution in [2.45, 2.75) is 148 Å². The standard InChI is InChI=1S/C44H76NO12P/c1-6-8-24-30-41(46)52-35-28-22-18-14-10-12-16-20-26-32-43(48)54-38-40(39-56-58(50,51)55-37-34-45(3,4)5)57-44(49)33-27-21-17-13-11-15-19-23-29-36-53-42(47)31-25-9-7-2/h6-9,24-25,30-31,40H,10-23,26-29,32-39H2,1-5H3/p+1/b8-6+,9-7+,30-24+,31-25+/t40-/m1/s1. The van der Waals surface area contributed by atoms with Gasteiger partial charge in [-0.3, -0.25) is 18.6 Å². The van der Waals surface area contributed by atoms with E-state index in [0.717, 1.165) is 103 Å². The van der Waals surface area contributed by atoms with Crippen LogP contribution in [0.1, 0.15) is 142 Å². The normalized spacial score (nSPS) is 13.7. The summed E-state index contributed by atoms with van der Waals surface area (Å²) in [6.45, 7) is 4.36. The van der Waals surface area contributed by atoms with E-state index in [1.165, 1.54) is 12.2 Å². The lowest BCUT2D eigenvalue weighted by Gasteiger charge is -2.24. The molecule has 0 spiro atoms. The molecule has 58 heavy (non-hydrogen) atoms. The molecule has 0 aromatic rings. The Balaban J connectivity index is 4.37. The van der Waals surface area contributed by atoms with Crippen molar-refractivity contribution in [3.63, 3.8) is 0 Å². The van der Waals surface area contributed by atoms with Crippen LogP contribution in [0.4, 0.5) is 0 Å². The fraction of sp³-hybridized carbons (Fsp3) is 0.727. The number of esters is 4. The van der Waals surface area contributed by atoms with Crippen LogP contribution >= 0.6 is 7.82 Å². The molecule has 0 bridgehead atoms. The lowest BCUT2D eigenvalue weighted by Crippen LogP contribution is -2.37. The summed E-state index contributed by atoms with van der Waals surface area (Å²) >= 11 is 0. The van der Waals surface area contributed by atoms with Gasteiger partial charge in [0.1, 0.15) is 19.8 Å². The third kappa shape index (κ3) is 39.7. The predicted molar refractivity (Wildman–Crippen MR) is 228 cm³/mol. The Bertz CT molecular complexity index is 1260. The van der Waals surface area contributed by atoms with E-state index in [2.05, 4.69) is 0 Å². The molecule has 0 aromatic heterocycles. The number of likely N-dealkylation sites (N-methyl/N-ethyl adjacent to an activating group) is 1. The average molecular weight is 843 g/mol. The van der Waals surface area contributed by atoms with Gasteiger partial charge in [0.15, 0.2) is 6.10 Å². The Hall–Kier alpha value is -3.09. The maximum absolute atomic E-state index is 12.7. The number of hydrogen-bond donors (Lipinski definition) is 1. The van der Waals surface area contributed by atoms with Crippen molar-refractivity contribution in [1.29, 1.82) is 0 Å². The lowest BCUT2D eigenvalue weighted by molar-refractivity contribution is -0.870. The van der Waals surface area contributed by atoms with Crippen molar-refractivity contribution >= 4 is 31.7 Å². The van der Waals surface area contributed by atoms with Crippen LogP contribution in [0.2, 0.25) is 0 Å². The molecular formula is C44H77NO12P+. The van der Waals surface area contributed by atoms with Gasteiger partial charge in [0.2, 0.25) is 0 Å². The summed E-state index contributed by atoms with van der Waals surface area (Å²) in [5.74, 6) is -1.56. The van der Waals surface area contributed by atoms with Crippen LogP contribution in [-0.4, -0.2) is 100 Å². The van der Waals surface area contributed by atoms with E-state index in [1.807, 2.05) is 47.1 Å². The predicted octanol–water partition coefficient (Wildman–Crippen LogP) is 9.43. The number of phosphoric ester groups is 1. The second-order valence-electron chi connectivity index (χ2n) is 15.4. The van der Waals surface area contributed by atoms with Gasteiger partial charge in [-0.2, -0.15) is 0 Å². The molecule has 0 aliphatic heterocycles. The zero-order valence-electron chi connectivity index (χ0n) is 36.4. The summed E-state index contributed by atoms with van der Waals surface area (Å²) < 4.78 is 44.5. The Morgan fingerprint density at radius 3 is 1.38 bits per heavy atom. The Morgan fingerprint density at radius 1 is 0.534 bits per heavy atom. The Labute approximate surface area is 349 Å². The van der Waals surface area contributed by atoms with Crippen LogP contribution in [0.3, 0.4) is 0 Å². The minimum Gasteiger partial charge on any atom is -0.463 e. The van der Waals surface area contributed by atoms with Crippen molar-refractivity contribution in [3.8, 4) is 0 Å². The first-order valence-corrected chi connectivity index (χ1v) is 23.0. The van der Waals surface area contributed by atoms with Gasteiger partial charge in [-0.25, -0.2) is 14.2 Å². The zero-order chi connectivity index (χ0) is 43.2. The van der Waals surface area contributed by atoms with Gasteiger partial charge in [0.25, 0.3) is 0 Å². The third-order valence-corrected chi connectivity index (χ3v) is 9.76. The molecule has 0 aliphatic rings. The summed E-state index contributed by atoms with van der Waals surface area (Å²) in [5, 5.41) is 0. The molecule has 0 aliphatic carbocycles. The van der Waals surface area contributed by atoms with Crippen LogP contribution in [-0.2, 0) is 51.7 Å². The molecule has 0 heterocycles. The molecule has 0 saturated carbocycles. The summed E-state index contributed by atoms with van der Waals surface area (Å²) in [5.41, 5.74) is 0. The number of rotatable bonds is 38. The third-order valence-electron chi connectivity index (χ3n) is 8.78. The topological polar surface area (TPSA) is 161 Å². The number of hydrogen-bond acceptors (Lipinski definition) is 11. The maximum Gasteiger partial charge on any atom is 0.472 e. The fourth-order valence-electron chi connectivity index (χ4n) is 5.41. The molecule has 0 rings (SSSR count). The molecule has 13 nitrogen and oxygen atoms in total. The Kier molecular flexibility index (Phi) is 35.0. The number of phosphoric acid groups is 1. The first-order chi connectivity index (χ1) is 27.8. The Morgan fingerprint density at radius 2 is 0.948 bits per heavy atom. The van der Waals surface area contributed by atoms with Gasteiger partial charge in [0.05, 0.1) is 41.0 Å². The lowest BCUT2D eigenvalue weighted by atomic mass is 10.1. The van der Waals surface area contributed by atoms with E-state index in [0.29, 0.717) is 37.1 Å². The molecular weight excluding hydrogens is 765 g/mol. The first-order valence-electron chi connectivity index (χ1n) is 21.5. The van der Waals surface area contributed by atoms with Crippen LogP contribution in [0.15, 0.2) is 48.6 Å². The van der Waals surface area contributed by atoms with Crippen molar-refractivity contribution in [2.75, 3.05) is 60.7 Å². The van der Waals surface area contributed by atoms with Crippen LogP contribution in [0.25, 0.3) is 0 Å². The summed E-state index contributed by atoms with van der Waals surface area (Å²) in [6, 6.07) is 0. The largest absolute Gasteiger partial charge is 0.472 e. The van der Waals surface area contributed by atoms with E-state index in [4.69, 9.17) is 28.0 Å². The molecule has 14 heteroatoms. The molecule has 0 aromatic carbocycles. The van der Waals surface area contributed by atoms with Crippen molar-refractivity contribution < 1.29 is 61.1 Å². The molecule has 1 unspecified atom stereocenters. The van der Waals surface area contributed by atoms with Crippen molar-refractivity contribution in [3.05, 3.63) is 48.6 Å². The highest BCUT2D eigenvalue weighted by Crippen LogP contribution is 2.43. The second-order valence-corrected chi connectivity index (χ2v) is 16.8. The van der Waals surface area contributed by atoms with Crippen molar-refractivity contribution in [2.24, 2.45) is 0 Å². The number of quaternary nitrogens is 1. The summed E-state index contributed by atoms with van der Waals surface area (Å²) in [7, 11) is 1.36. The van der Waals surface area contributed by atoms with E-state index in [9.17, 15) is 28.6 Å². The number of nitrogens with zero attached hydrogens (tertiary/aromatic N) is 1. The van der Waals surface area contributed by atoms with E-state index >= 15 is 0 Å². The van der Waals surface area contributed by atoms with E-state index < -0.39 is 32.5 Å². The molecule has 0 amide bonds. The van der Waals surface area contributed by atoms with Gasteiger partial charge in [0, 0.05) is 25.0 Å². The molecule has 2 atom stereocenters. The molecule has 0 saturated heterocycles. The van der Waals surface area contributed by atoms with Crippen LogP contribution in [0.5, 0.6) is 0 Å². The van der Waals surface area contributed by atoms with Crippen LogP contribution in [0, 0.1) is 0 Å². The molecule has 0 radical (unpaired) electrons. The highest BCUT2D eigenvalue weighted by molar-refractivity contribution is 7.47. The minimum absolute atomic E-state index is 0.00203. The van der Waals surface area contributed by atoms with Gasteiger partial charge < -0.3 is 28.3 Å². The number of allylic oxidation sites excluding steroid dienone is 6. The monoisotopic (exact) mass is 843 g/mol. The van der Waals surface area contributed by atoms with Crippen LogP contribution < -0.4 is 0 Å². The first kappa shape index (κ1) is 54.9. The SMILES string of the molecule is C/C=C/C=C/C(=O)OCCCCCCCCCCCC(=O)OC[C@H](COP(=O)(O)OCC[N+](C)(C)C)OC(=O)CCCCCCCCCCCOC(=O)/C=C/C=C/C. The number of unbranched alkanes of at least 4 members (excludes halogenated alkanes) is 16. The molecule has 334 valence electrons. The van der Waals surface area contributed by atoms with Gasteiger partial charge in [-0.05, 0) is 39.5 Å². The number of carbonyl (C=O) groups excluding carboxylic acids is 4. The summed E-state index contributed by atoms with van der Waals surface area (Å²) in [6.07, 6.45) is 30.2. The molecule has 1 N–H and O–H groups in total. The van der Waals surface area contributed by atoms with Gasteiger partial charge in [-0.15, -0.1) is 0 Å². The fourth-order valence-corrected chi connectivity index (χ4v) is 6.16. The highest BCUT2D eigenvalue weighted by atomic mass is 31.2. The van der Waals surface area contributed by atoms with E-state index in [1.54, 1.807) is 24.3 Å². The average Bonchev–Trinajstić information content (AvgIpc) is 3.16. The van der Waals surface area contributed by atoms with Gasteiger partial charge >= 0.3 is 31.7 Å². The maximum atomic E-state index is 12.7. The van der Waals surface area contributed by atoms with Gasteiger partial charge in [-0.1, -0.05) is 126 Å². The quantitative estimate of drug-likeness (QED) is 0.0119. The minimum atomic E-state index is -4.42.